The van der Waals surface area contributed by atoms with Crippen molar-refractivity contribution in [1.29, 1.82) is 0 Å². The molecule has 3 N–H and O–H groups in total. The van der Waals surface area contributed by atoms with Gasteiger partial charge in [-0.2, -0.15) is 5.10 Å². The summed E-state index contributed by atoms with van der Waals surface area (Å²) < 4.78 is 0. The quantitative estimate of drug-likeness (QED) is 0.765. The van der Waals surface area contributed by atoms with E-state index < -0.39 is 0 Å². The third-order valence-electron chi connectivity index (χ3n) is 2.42. The Morgan fingerprint density at radius 1 is 1.43 bits per heavy atom. The van der Waals surface area contributed by atoms with Crippen molar-refractivity contribution in [2.24, 2.45) is 11.1 Å². The van der Waals surface area contributed by atoms with E-state index in [2.05, 4.69) is 36.0 Å². The Balaban J connectivity index is 2.60. The zero-order valence-corrected chi connectivity index (χ0v) is 9.46. The van der Waals surface area contributed by atoms with Crippen molar-refractivity contribution in [3.8, 4) is 0 Å². The molecule has 14 heavy (non-hydrogen) atoms. The van der Waals surface area contributed by atoms with Crippen LogP contribution < -0.4 is 5.73 Å². The summed E-state index contributed by atoms with van der Waals surface area (Å²) in [5, 5.41) is 7.00. The van der Waals surface area contributed by atoms with Gasteiger partial charge < -0.3 is 5.73 Å². The fraction of sp³-hybridized carbons (Fsp3) is 0.800. The van der Waals surface area contributed by atoms with E-state index in [4.69, 9.17) is 5.73 Å². The van der Waals surface area contributed by atoms with Gasteiger partial charge in [-0.3, -0.25) is 5.10 Å². The van der Waals surface area contributed by atoms with E-state index in [0.717, 1.165) is 24.5 Å². The largest absolute Gasteiger partial charge is 0.327 e. The van der Waals surface area contributed by atoms with E-state index in [1.165, 1.54) is 0 Å². The van der Waals surface area contributed by atoms with Crippen LogP contribution in [-0.2, 0) is 12.8 Å². The van der Waals surface area contributed by atoms with Crippen LogP contribution in [0, 0.1) is 5.41 Å². The lowest BCUT2D eigenvalue weighted by molar-refractivity contribution is 0.315. The molecule has 1 heterocycles. The molecule has 0 bridgehead atoms. The van der Waals surface area contributed by atoms with Gasteiger partial charge >= 0.3 is 0 Å². The number of aromatic nitrogens is 3. The van der Waals surface area contributed by atoms with Crippen molar-refractivity contribution in [3.63, 3.8) is 0 Å². The molecule has 0 aliphatic rings. The first-order valence-corrected chi connectivity index (χ1v) is 5.09. The summed E-state index contributed by atoms with van der Waals surface area (Å²) in [4.78, 5) is 4.34. The van der Waals surface area contributed by atoms with Gasteiger partial charge in [0.25, 0.3) is 0 Å². The molecule has 0 fully saturated rings. The normalized spacial score (nSPS) is 14.4. The van der Waals surface area contributed by atoms with Crippen molar-refractivity contribution in [2.45, 2.75) is 46.6 Å². The molecular weight excluding hydrogens is 176 g/mol. The van der Waals surface area contributed by atoms with Gasteiger partial charge in [-0.25, -0.2) is 4.98 Å². The van der Waals surface area contributed by atoms with Gasteiger partial charge in [0.15, 0.2) is 0 Å². The molecule has 0 saturated heterocycles. The second-order valence-electron chi connectivity index (χ2n) is 4.73. The maximum absolute atomic E-state index is 6.05. The van der Waals surface area contributed by atoms with Crippen molar-refractivity contribution >= 4 is 0 Å². The van der Waals surface area contributed by atoms with E-state index in [-0.39, 0.29) is 11.5 Å². The summed E-state index contributed by atoms with van der Waals surface area (Å²) in [7, 11) is 0. The van der Waals surface area contributed by atoms with Gasteiger partial charge in [-0.1, -0.05) is 27.7 Å². The molecule has 0 aliphatic carbocycles. The first-order valence-electron chi connectivity index (χ1n) is 5.09. The molecule has 0 aromatic carbocycles. The minimum Gasteiger partial charge on any atom is -0.327 e. The monoisotopic (exact) mass is 196 g/mol. The fourth-order valence-electron chi connectivity index (χ4n) is 1.10. The average molecular weight is 196 g/mol. The highest BCUT2D eigenvalue weighted by atomic mass is 15.2. The van der Waals surface area contributed by atoms with Gasteiger partial charge in [0.2, 0.25) is 0 Å². The molecule has 0 saturated carbocycles. The maximum Gasteiger partial charge on any atom is 0.150 e. The Bertz CT molecular complexity index is 285. The van der Waals surface area contributed by atoms with Crippen molar-refractivity contribution in [2.75, 3.05) is 0 Å². The fourth-order valence-corrected chi connectivity index (χ4v) is 1.10. The lowest BCUT2D eigenvalue weighted by atomic mass is 9.85. The average Bonchev–Trinajstić information content (AvgIpc) is 2.50. The summed E-state index contributed by atoms with van der Waals surface area (Å²) >= 11 is 0. The molecule has 0 radical (unpaired) electrons. The van der Waals surface area contributed by atoms with E-state index in [1.54, 1.807) is 0 Å². The van der Waals surface area contributed by atoms with Crippen LogP contribution in [0.4, 0.5) is 0 Å². The van der Waals surface area contributed by atoms with E-state index in [1.807, 2.05) is 6.92 Å². The third-order valence-corrected chi connectivity index (χ3v) is 2.42. The SMILES string of the molecule is CCc1n[nH]c(CC(N)C(C)(C)C)n1. The lowest BCUT2D eigenvalue weighted by Gasteiger charge is -2.25. The topological polar surface area (TPSA) is 67.6 Å². The summed E-state index contributed by atoms with van der Waals surface area (Å²) in [6, 6.07) is 0.111. The van der Waals surface area contributed by atoms with Crippen LogP contribution in [0.2, 0.25) is 0 Å². The molecule has 1 unspecified atom stereocenters. The van der Waals surface area contributed by atoms with Crippen LogP contribution in [-0.4, -0.2) is 21.2 Å². The lowest BCUT2D eigenvalue weighted by Crippen LogP contribution is -2.37. The first-order chi connectivity index (χ1) is 6.43. The minimum absolute atomic E-state index is 0.110. The zero-order chi connectivity index (χ0) is 10.8. The molecule has 4 nitrogen and oxygen atoms in total. The number of aryl methyl sites for hydroxylation is 1. The smallest absolute Gasteiger partial charge is 0.150 e. The highest BCUT2D eigenvalue weighted by molar-refractivity contribution is 4.94. The van der Waals surface area contributed by atoms with Crippen molar-refractivity contribution < 1.29 is 0 Å². The predicted molar refractivity (Wildman–Crippen MR) is 56.9 cm³/mol. The molecule has 0 spiro atoms. The number of nitrogens with two attached hydrogens (primary N) is 1. The Morgan fingerprint density at radius 2 is 2.07 bits per heavy atom. The predicted octanol–water partition coefficient (Wildman–Crippen LogP) is 1.28. The number of aromatic amines is 1. The number of H-pyrrole nitrogens is 1. The molecule has 0 amide bonds. The zero-order valence-electron chi connectivity index (χ0n) is 9.46. The van der Waals surface area contributed by atoms with Gasteiger partial charge in [0.1, 0.15) is 11.6 Å². The molecule has 0 aliphatic heterocycles. The Labute approximate surface area is 85.3 Å². The van der Waals surface area contributed by atoms with Gasteiger partial charge in [0, 0.05) is 18.9 Å². The van der Waals surface area contributed by atoms with Crippen molar-refractivity contribution in [1.82, 2.24) is 15.2 Å². The standard InChI is InChI=1S/C10H20N4/c1-5-8-12-9(14-13-8)6-7(11)10(2,3)4/h7H,5-6,11H2,1-4H3,(H,12,13,14). The van der Waals surface area contributed by atoms with Gasteiger partial charge in [0.05, 0.1) is 0 Å². The number of hydrogen-bond acceptors (Lipinski definition) is 3. The highest BCUT2D eigenvalue weighted by Crippen LogP contribution is 2.19. The number of rotatable bonds is 3. The van der Waals surface area contributed by atoms with Crippen LogP contribution in [0.5, 0.6) is 0 Å². The first kappa shape index (κ1) is 11.2. The second kappa shape index (κ2) is 4.09. The van der Waals surface area contributed by atoms with E-state index >= 15 is 0 Å². The summed E-state index contributed by atoms with van der Waals surface area (Å²) in [5.41, 5.74) is 6.16. The maximum atomic E-state index is 6.05. The summed E-state index contributed by atoms with van der Waals surface area (Å²) in [5.74, 6) is 1.75. The molecular formula is C10H20N4. The van der Waals surface area contributed by atoms with E-state index in [0.29, 0.717) is 0 Å². The molecule has 1 aromatic heterocycles. The molecule has 1 atom stereocenters. The summed E-state index contributed by atoms with van der Waals surface area (Å²) in [6.45, 7) is 8.44. The van der Waals surface area contributed by atoms with Crippen LogP contribution in [0.1, 0.15) is 39.3 Å². The van der Waals surface area contributed by atoms with Crippen LogP contribution in [0.3, 0.4) is 0 Å². The van der Waals surface area contributed by atoms with Crippen LogP contribution >= 0.6 is 0 Å². The Kier molecular flexibility index (Phi) is 3.26. The molecule has 80 valence electrons. The van der Waals surface area contributed by atoms with E-state index in [9.17, 15) is 0 Å². The molecule has 4 heteroatoms. The third kappa shape index (κ3) is 2.80. The van der Waals surface area contributed by atoms with Crippen LogP contribution in [0.15, 0.2) is 0 Å². The number of nitrogens with one attached hydrogen (secondary N) is 1. The second-order valence-corrected chi connectivity index (χ2v) is 4.73. The number of hydrogen-bond donors (Lipinski definition) is 2. The van der Waals surface area contributed by atoms with Crippen molar-refractivity contribution in [3.05, 3.63) is 11.6 Å². The minimum atomic E-state index is 0.110. The summed E-state index contributed by atoms with van der Waals surface area (Å²) in [6.07, 6.45) is 1.62. The van der Waals surface area contributed by atoms with Crippen LogP contribution in [0.25, 0.3) is 0 Å². The van der Waals surface area contributed by atoms with Gasteiger partial charge in [-0.05, 0) is 5.41 Å². The number of nitrogens with zero attached hydrogens (tertiary/aromatic N) is 2. The Morgan fingerprint density at radius 3 is 2.50 bits per heavy atom. The molecule has 1 aromatic rings. The highest BCUT2D eigenvalue weighted by Gasteiger charge is 2.21. The Hall–Kier alpha value is -0.900. The molecule has 1 rings (SSSR count). The van der Waals surface area contributed by atoms with Gasteiger partial charge in [-0.15, -0.1) is 0 Å².